The van der Waals surface area contributed by atoms with Crippen molar-refractivity contribution in [1.82, 2.24) is 0 Å². The Kier molecular flexibility index (Phi) is 4.63. The molecule has 2 aromatic rings. The van der Waals surface area contributed by atoms with Gasteiger partial charge in [-0.1, -0.05) is 76.6 Å². The zero-order valence-corrected chi connectivity index (χ0v) is 11.8. The van der Waals surface area contributed by atoms with Crippen LogP contribution < -0.4 is 0 Å². The third kappa shape index (κ3) is 3.61. The summed E-state index contributed by atoms with van der Waals surface area (Å²) in [6.45, 7) is 0. The molecule has 0 aliphatic heterocycles. The quantitative estimate of drug-likeness (QED) is 0.625. The minimum absolute atomic E-state index is 0.147. The van der Waals surface area contributed by atoms with Gasteiger partial charge in [-0.25, -0.2) is 0 Å². The minimum Gasteiger partial charge on any atom is -0.290 e. The van der Waals surface area contributed by atoms with Crippen LogP contribution in [-0.2, 0) is 16.0 Å². The van der Waals surface area contributed by atoms with Crippen LogP contribution in [0.3, 0.4) is 0 Å². The molecule has 19 heavy (non-hydrogen) atoms. The number of benzene rings is 2. The number of rotatable bonds is 5. The second-order valence-corrected chi connectivity index (χ2v) is 5.14. The summed E-state index contributed by atoms with van der Waals surface area (Å²) < 4.78 is 0. The molecule has 0 fully saturated rings. The Labute approximate surface area is 120 Å². The van der Waals surface area contributed by atoms with Crippen LogP contribution in [-0.4, -0.2) is 11.6 Å². The molecule has 0 aliphatic carbocycles. The first-order chi connectivity index (χ1) is 9.18. The van der Waals surface area contributed by atoms with Crippen LogP contribution in [0.2, 0.25) is 0 Å². The third-order valence-electron chi connectivity index (χ3n) is 2.80. The summed E-state index contributed by atoms with van der Waals surface area (Å²) in [5.41, 5.74) is 1.66. The van der Waals surface area contributed by atoms with Gasteiger partial charge in [-0.2, -0.15) is 0 Å². The highest BCUT2D eigenvalue weighted by molar-refractivity contribution is 9.09. The molecule has 0 unspecified atom stereocenters. The molecule has 2 aromatic carbocycles. The molecule has 0 aliphatic rings. The lowest BCUT2D eigenvalue weighted by Crippen LogP contribution is -2.20. The van der Waals surface area contributed by atoms with Crippen LogP contribution in [0.1, 0.15) is 16.0 Å². The maximum atomic E-state index is 12.1. The summed E-state index contributed by atoms with van der Waals surface area (Å²) in [5, 5.41) is 0. The van der Waals surface area contributed by atoms with E-state index in [-0.39, 0.29) is 12.2 Å². The molecule has 2 rings (SSSR count). The van der Waals surface area contributed by atoms with Gasteiger partial charge in [-0.05, 0) is 11.1 Å². The van der Waals surface area contributed by atoms with Gasteiger partial charge in [0.2, 0.25) is 11.6 Å². The zero-order valence-electron chi connectivity index (χ0n) is 10.3. The maximum absolute atomic E-state index is 12.1. The van der Waals surface area contributed by atoms with Crippen molar-refractivity contribution in [2.24, 2.45) is 0 Å². The lowest BCUT2D eigenvalue weighted by atomic mass is 10.0. The van der Waals surface area contributed by atoms with Gasteiger partial charge in [0.25, 0.3) is 0 Å². The molecule has 2 nitrogen and oxygen atoms in total. The number of Topliss-reactive ketones (excluding diaryl/α,β-unsaturated/α-hetero) is 2. The highest BCUT2D eigenvalue weighted by Crippen LogP contribution is 2.24. The molecule has 1 atom stereocenters. The minimum atomic E-state index is -0.565. The molecule has 96 valence electrons. The predicted molar refractivity (Wildman–Crippen MR) is 78.3 cm³/mol. The second kappa shape index (κ2) is 6.43. The molecule has 0 radical (unpaired) electrons. The van der Waals surface area contributed by atoms with Gasteiger partial charge >= 0.3 is 0 Å². The number of ketones is 2. The van der Waals surface area contributed by atoms with E-state index in [4.69, 9.17) is 0 Å². The number of hydrogen-bond donors (Lipinski definition) is 0. The fraction of sp³-hybridized carbons (Fsp3) is 0.125. The summed E-state index contributed by atoms with van der Waals surface area (Å²) in [7, 11) is 0. The standard InChI is InChI=1S/C16H13BrO2/c17-15(13-9-5-2-6-10-13)16(19)14(18)11-12-7-3-1-4-8-12/h1-10,15H,11H2/t15-/m1/s1. The number of carbonyl (C=O) groups is 2. The highest BCUT2D eigenvalue weighted by Gasteiger charge is 2.23. The fourth-order valence-corrected chi connectivity index (χ4v) is 2.34. The van der Waals surface area contributed by atoms with Crippen molar-refractivity contribution in [3.63, 3.8) is 0 Å². The van der Waals surface area contributed by atoms with Crippen molar-refractivity contribution in [2.75, 3.05) is 0 Å². The van der Waals surface area contributed by atoms with Crippen LogP contribution in [0.4, 0.5) is 0 Å². The van der Waals surface area contributed by atoms with Gasteiger partial charge in [0.05, 0.1) is 0 Å². The van der Waals surface area contributed by atoms with Crippen molar-refractivity contribution in [3.05, 3.63) is 71.8 Å². The van der Waals surface area contributed by atoms with Gasteiger partial charge in [0, 0.05) is 6.42 Å². The first-order valence-corrected chi connectivity index (χ1v) is 6.90. The number of halogens is 1. The van der Waals surface area contributed by atoms with E-state index in [9.17, 15) is 9.59 Å². The Bertz CT molecular complexity index is 564. The van der Waals surface area contributed by atoms with Crippen molar-refractivity contribution >= 4 is 27.5 Å². The van der Waals surface area contributed by atoms with E-state index >= 15 is 0 Å². The Morgan fingerprint density at radius 3 is 2.00 bits per heavy atom. The molecule has 0 heterocycles. The molecular formula is C16H13BrO2. The molecule has 0 spiro atoms. The lowest BCUT2D eigenvalue weighted by Gasteiger charge is -2.08. The number of carbonyl (C=O) groups excluding carboxylic acids is 2. The maximum Gasteiger partial charge on any atom is 0.216 e. The average Bonchev–Trinajstić information content (AvgIpc) is 2.47. The van der Waals surface area contributed by atoms with E-state index in [0.717, 1.165) is 11.1 Å². The molecule has 0 N–H and O–H groups in total. The highest BCUT2D eigenvalue weighted by atomic mass is 79.9. The van der Waals surface area contributed by atoms with E-state index in [1.807, 2.05) is 60.7 Å². The van der Waals surface area contributed by atoms with Crippen LogP contribution in [0.5, 0.6) is 0 Å². The van der Waals surface area contributed by atoms with Crippen molar-refractivity contribution in [1.29, 1.82) is 0 Å². The monoisotopic (exact) mass is 316 g/mol. The molecular weight excluding hydrogens is 304 g/mol. The SMILES string of the molecule is O=C(Cc1ccccc1)C(=O)[C@H](Br)c1ccccc1. The van der Waals surface area contributed by atoms with Crippen LogP contribution in [0.25, 0.3) is 0 Å². The van der Waals surface area contributed by atoms with Crippen molar-refractivity contribution in [3.8, 4) is 0 Å². The Hall–Kier alpha value is -1.74. The topological polar surface area (TPSA) is 34.1 Å². The van der Waals surface area contributed by atoms with Crippen molar-refractivity contribution < 1.29 is 9.59 Å². The van der Waals surface area contributed by atoms with Crippen LogP contribution in [0, 0.1) is 0 Å². The summed E-state index contributed by atoms with van der Waals surface area (Å²) >= 11 is 3.29. The zero-order chi connectivity index (χ0) is 13.7. The predicted octanol–water partition coefficient (Wildman–Crippen LogP) is 3.50. The first-order valence-electron chi connectivity index (χ1n) is 5.98. The van der Waals surface area contributed by atoms with E-state index in [1.165, 1.54) is 0 Å². The summed E-state index contributed by atoms with van der Waals surface area (Å²) in [6.07, 6.45) is 0.147. The smallest absolute Gasteiger partial charge is 0.216 e. The van der Waals surface area contributed by atoms with Crippen LogP contribution in [0.15, 0.2) is 60.7 Å². The molecule has 0 saturated heterocycles. The van der Waals surface area contributed by atoms with E-state index in [2.05, 4.69) is 15.9 Å². The summed E-state index contributed by atoms with van der Waals surface area (Å²) in [5.74, 6) is -0.785. The first kappa shape index (κ1) is 13.7. The van der Waals surface area contributed by atoms with Gasteiger partial charge in [0.15, 0.2) is 0 Å². The lowest BCUT2D eigenvalue weighted by molar-refractivity contribution is -0.135. The van der Waals surface area contributed by atoms with E-state index in [1.54, 1.807) is 0 Å². The molecule has 0 saturated carbocycles. The van der Waals surface area contributed by atoms with Gasteiger partial charge in [-0.15, -0.1) is 0 Å². The van der Waals surface area contributed by atoms with Gasteiger partial charge in [-0.3, -0.25) is 9.59 Å². The summed E-state index contributed by atoms with van der Waals surface area (Å²) in [4.78, 5) is 23.4. The van der Waals surface area contributed by atoms with Crippen molar-refractivity contribution in [2.45, 2.75) is 11.2 Å². The fourth-order valence-electron chi connectivity index (χ4n) is 1.78. The molecule has 0 bridgehead atoms. The number of hydrogen-bond acceptors (Lipinski definition) is 2. The second-order valence-electron chi connectivity index (χ2n) is 4.22. The Morgan fingerprint density at radius 1 is 0.895 bits per heavy atom. The summed E-state index contributed by atoms with van der Waals surface area (Å²) in [6, 6.07) is 18.5. The normalized spacial score (nSPS) is 11.8. The number of alkyl halides is 1. The van der Waals surface area contributed by atoms with Crippen LogP contribution >= 0.6 is 15.9 Å². The Morgan fingerprint density at radius 2 is 1.42 bits per heavy atom. The average molecular weight is 317 g/mol. The van der Waals surface area contributed by atoms with Gasteiger partial charge < -0.3 is 0 Å². The van der Waals surface area contributed by atoms with Gasteiger partial charge in [0.1, 0.15) is 4.83 Å². The molecule has 3 heteroatoms. The third-order valence-corrected chi connectivity index (χ3v) is 3.75. The van der Waals surface area contributed by atoms with E-state index < -0.39 is 10.6 Å². The van der Waals surface area contributed by atoms with E-state index in [0.29, 0.717) is 0 Å². The molecule has 0 amide bonds. The Balaban J connectivity index is 2.06. The largest absolute Gasteiger partial charge is 0.290 e. The molecule has 0 aromatic heterocycles.